The summed E-state index contributed by atoms with van der Waals surface area (Å²) in [5.41, 5.74) is 1.56. The van der Waals surface area contributed by atoms with Gasteiger partial charge in [-0.2, -0.15) is 0 Å². The van der Waals surface area contributed by atoms with Crippen molar-refractivity contribution < 1.29 is 0 Å². The Morgan fingerprint density at radius 1 is 1.35 bits per heavy atom. The van der Waals surface area contributed by atoms with Gasteiger partial charge in [0, 0.05) is 37.7 Å². The normalized spacial score (nSPS) is 21.1. The Balaban J connectivity index is 2.05. The van der Waals surface area contributed by atoms with Gasteiger partial charge in [0.2, 0.25) is 0 Å². The minimum atomic E-state index is 0.331. The highest BCUT2D eigenvalue weighted by atomic mass is 35.5. The molecule has 1 fully saturated rings. The molecule has 0 amide bonds. The molecule has 94 valence electrons. The van der Waals surface area contributed by atoms with E-state index in [1.807, 2.05) is 12.1 Å². The van der Waals surface area contributed by atoms with Crippen LogP contribution in [0.3, 0.4) is 0 Å². The first kappa shape index (κ1) is 12.9. The summed E-state index contributed by atoms with van der Waals surface area (Å²) in [4.78, 5) is 2.49. The second-order valence-electron chi connectivity index (χ2n) is 5.64. The zero-order valence-electron chi connectivity index (χ0n) is 10.7. The summed E-state index contributed by atoms with van der Waals surface area (Å²) in [6.45, 7) is 9.93. The smallest absolute Gasteiger partial charge is 0.0451 e. The average molecular weight is 253 g/mol. The van der Waals surface area contributed by atoms with Gasteiger partial charge in [0.15, 0.2) is 0 Å². The topological polar surface area (TPSA) is 15.3 Å². The number of halogens is 1. The first-order valence-electron chi connectivity index (χ1n) is 6.23. The Morgan fingerprint density at radius 2 is 2.12 bits per heavy atom. The van der Waals surface area contributed by atoms with E-state index < -0.39 is 0 Å². The molecule has 17 heavy (non-hydrogen) atoms. The van der Waals surface area contributed by atoms with Crippen molar-refractivity contribution in [3.8, 4) is 0 Å². The molecule has 2 nitrogen and oxygen atoms in total. The molecule has 0 radical (unpaired) electrons. The lowest BCUT2D eigenvalue weighted by atomic mass is 9.93. The fourth-order valence-corrected chi connectivity index (χ4v) is 2.60. The third-order valence-electron chi connectivity index (χ3n) is 3.21. The van der Waals surface area contributed by atoms with Crippen LogP contribution in [0.15, 0.2) is 24.3 Å². The molecule has 3 heteroatoms. The molecule has 1 N–H and O–H groups in total. The van der Waals surface area contributed by atoms with Crippen LogP contribution >= 0.6 is 11.6 Å². The minimum Gasteiger partial charge on any atom is -0.315 e. The molecule has 0 aliphatic carbocycles. The number of hydrogen-bond donors (Lipinski definition) is 1. The quantitative estimate of drug-likeness (QED) is 0.871. The van der Waals surface area contributed by atoms with Crippen LogP contribution in [0.1, 0.15) is 19.4 Å². The molecule has 2 rings (SSSR count). The largest absolute Gasteiger partial charge is 0.315 e. The summed E-state index contributed by atoms with van der Waals surface area (Å²) >= 11 is 6.21. The molecule has 1 aliphatic heterocycles. The number of nitrogens with one attached hydrogen (secondary N) is 1. The first-order chi connectivity index (χ1) is 8.07. The van der Waals surface area contributed by atoms with Gasteiger partial charge >= 0.3 is 0 Å². The Morgan fingerprint density at radius 3 is 2.88 bits per heavy atom. The summed E-state index contributed by atoms with van der Waals surface area (Å²) < 4.78 is 0. The highest BCUT2D eigenvalue weighted by Crippen LogP contribution is 2.22. The number of rotatable bonds is 2. The number of nitrogens with zero attached hydrogens (tertiary/aromatic N) is 1. The lowest BCUT2D eigenvalue weighted by molar-refractivity contribution is 0.200. The van der Waals surface area contributed by atoms with Gasteiger partial charge < -0.3 is 5.32 Å². The van der Waals surface area contributed by atoms with E-state index in [4.69, 9.17) is 11.6 Å². The molecule has 1 heterocycles. The van der Waals surface area contributed by atoms with Crippen molar-refractivity contribution >= 4 is 11.6 Å². The summed E-state index contributed by atoms with van der Waals surface area (Å²) in [6.07, 6.45) is 0. The third-order valence-corrected chi connectivity index (χ3v) is 3.58. The van der Waals surface area contributed by atoms with E-state index in [0.29, 0.717) is 5.41 Å². The van der Waals surface area contributed by atoms with Gasteiger partial charge in [-0.05, 0) is 17.0 Å². The first-order valence-corrected chi connectivity index (χ1v) is 6.61. The van der Waals surface area contributed by atoms with E-state index in [2.05, 4.69) is 36.2 Å². The second-order valence-corrected chi connectivity index (χ2v) is 6.05. The predicted molar refractivity (Wildman–Crippen MR) is 73.4 cm³/mol. The van der Waals surface area contributed by atoms with Gasteiger partial charge in [-0.1, -0.05) is 43.6 Å². The van der Waals surface area contributed by atoms with E-state index in [1.165, 1.54) is 5.56 Å². The highest BCUT2D eigenvalue weighted by molar-refractivity contribution is 6.31. The minimum absolute atomic E-state index is 0.331. The highest BCUT2D eigenvalue weighted by Gasteiger charge is 2.24. The predicted octanol–water partition coefficient (Wildman–Crippen LogP) is 2.77. The van der Waals surface area contributed by atoms with Crippen molar-refractivity contribution in [3.63, 3.8) is 0 Å². The molecule has 0 spiro atoms. The zero-order chi connectivity index (χ0) is 12.3. The van der Waals surface area contributed by atoms with Crippen molar-refractivity contribution in [2.75, 3.05) is 26.2 Å². The van der Waals surface area contributed by atoms with E-state index in [9.17, 15) is 0 Å². The van der Waals surface area contributed by atoms with Crippen molar-refractivity contribution in [1.29, 1.82) is 0 Å². The van der Waals surface area contributed by atoms with Gasteiger partial charge in [0.05, 0.1) is 0 Å². The van der Waals surface area contributed by atoms with Crippen LogP contribution in [-0.4, -0.2) is 31.1 Å². The van der Waals surface area contributed by atoms with Gasteiger partial charge in [-0.15, -0.1) is 0 Å². The Bertz CT molecular complexity index is 376. The second kappa shape index (κ2) is 5.38. The van der Waals surface area contributed by atoms with Crippen LogP contribution in [0.25, 0.3) is 0 Å². The maximum Gasteiger partial charge on any atom is 0.0451 e. The van der Waals surface area contributed by atoms with Crippen molar-refractivity contribution in [3.05, 3.63) is 34.9 Å². The maximum atomic E-state index is 6.21. The fraction of sp³-hybridized carbons (Fsp3) is 0.571. The van der Waals surface area contributed by atoms with Crippen LogP contribution < -0.4 is 5.32 Å². The van der Waals surface area contributed by atoms with Crippen LogP contribution in [0, 0.1) is 5.41 Å². The zero-order valence-corrected chi connectivity index (χ0v) is 11.4. The van der Waals surface area contributed by atoms with Crippen LogP contribution in [0.4, 0.5) is 0 Å². The van der Waals surface area contributed by atoms with Crippen LogP contribution in [0.2, 0.25) is 5.02 Å². The molecule has 0 bridgehead atoms. The lowest BCUT2D eigenvalue weighted by Crippen LogP contribution is -2.34. The summed E-state index contributed by atoms with van der Waals surface area (Å²) in [6, 6.07) is 8.13. The average Bonchev–Trinajstić information content (AvgIpc) is 2.43. The van der Waals surface area contributed by atoms with Gasteiger partial charge in [-0.3, -0.25) is 4.90 Å². The molecule has 1 aliphatic rings. The third kappa shape index (κ3) is 3.70. The Labute approximate surface area is 109 Å². The van der Waals surface area contributed by atoms with E-state index in [-0.39, 0.29) is 0 Å². The van der Waals surface area contributed by atoms with Crippen molar-refractivity contribution in [2.24, 2.45) is 5.41 Å². The Kier molecular flexibility index (Phi) is 4.08. The van der Waals surface area contributed by atoms with E-state index in [1.54, 1.807) is 0 Å². The van der Waals surface area contributed by atoms with Crippen LogP contribution in [-0.2, 0) is 6.54 Å². The van der Waals surface area contributed by atoms with Crippen molar-refractivity contribution in [1.82, 2.24) is 10.2 Å². The van der Waals surface area contributed by atoms with E-state index >= 15 is 0 Å². The number of hydrogen-bond acceptors (Lipinski definition) is 2. The van der Waals surface area contributed by atoms with E-state index in [0.717, 1.165) is 37.7 Å². The van der Waals surface area contributed by atoms with Gasteiger partial charge in [0.25, 0.3) is 0 Å². The van der Waals surface area contributed by atoms with Gasteiger partial charge in [0.1, 0.15) is 0 Å². The standard InChI is InChI=1S/C14H21ClN2/c1-14(2)10-16-7-8-17(11-14)9-12-5-3-4-6-13(12)15/h3-6,16H,7-11H2,1-2H3. The fourth-order valence-electron chi connectivity index (χ4n) is 2.41. The lowest BCUT2D eigenvalue weighted by Gasteiger charge is -2.29. The molecular formula is C14H21ClN2. The molecule has 0 saturated carbocycles. The summed E-state index contributed by atoms with van der Waals surface area (Å²) in [5, 5.41) is 4.37. The van der Waals surface area contributed by atoms with Crippen molar-refractivity contribution in [2.45, 2.75) is 20.4 Å². The maximum absolute atomic E-state index is 6.21. The molecule has 1 aromatic carbocycles. The van der Waals surface area contributed by atoms with Gasteiger partial charge in [-0.25, -0.2) is 0 Å². The summed E-state index contributed by atoms with van der Waals surface area (Å²) in [7, 11) is 0. The number of benzene rings is 1. The van der Waals surface area contributed by atoms with Crippen LogP contribution in [0.5, 0.6) is 0 Å². The summed E-state index contributed by atoms with van der Waals surface area (Å²) in [5.74, 6) is 0. The Hall–Kier alpha value is -0.570. The molecule has 0 atom stereocenters. The molecular weight excluding hydrogens is 232 g/mol. The SMILES string of the molecule is CC1(C)CNCCN(Cc2ccccc2Cl)C1. The molecule has 1 saturated heterocycles. The monoisotopic (exact) mass is 252 g/mol. The molecule has 0 unspecified atom stereocenters. The molecule has 0 aromatic heterocycles. The molecule has 1 aromatic rings.